The van der Waals surface area contributed by atoms with E-state index in [-0.39, 0.29) is 0 Å². The van der Waals surface area contributed by atoms with Gasteiger partial charge >= 0.3 is 0 Å². The number of nitrogens with two attached hydrogens (primary N) is 1. The molecule has 1 aromatic rings. The highest BCUT2D eigenvalue weighted by molar-refractivity contribution is 5.23. The molecule has 1 aromatic carbocycles. The topological polar surface area (TPSA) is 26.0 Å². The van der Waals surface area contributed by atoms with E-state index in [0.717, 1.165) is 6.42 Å². The quantitative estimate of drug-likeness (QED) is 0.699. The van der Waals surface area contributed by atoms with Gasteiger partial charge in [0.2, 0.25) is 0 Å². The zero-order valence-corrected chi connectivity index (χ0v) is 7.01. The third kappa shape index (κ3) is 2.35. The zero-order valence-electron chi connectivity index (χ0n) is 7.01. The van der Waals surface area contributed by atoms with Crippen LogP contribution in [0, 0.1) is 0 Å². The molecule has 0 heterocycles. The molecular formula is C10H15N. The minimum atomic E-state index is 0.650. The highest BCUT2D eigenvalue weighted by atomic mass is 14.5. The Morgan fingerprint density at radius 2 is 2.00 bits per heavy atom. The summed E-state index contributed by atoms with van der Waals surface area (Å²) >= 11 is 0. The lowest BCUT2D eigenvalue weighted by Crippen LogP contribution is -1.96. The summed E-state index contributed by atoms with van der Waals surface area (Å²) in [4.78, 5) is 0. The Hall–Kier alpha value is -0.820. The summed E-state index contributed by atoms with van der Waals surface area (Å²) in [5.41, 5.74) is 8.15. The smallest absolute Gasteiger partial charge is 0.0178 e. The van der Waals surface area contributed by atoms with Crippen molar-refractivity contribution in [2.24, 2.45) is 5.73 Å². The van der Waals surface area contributed by atoms with E-state index in [4.69, 9.17) is 5.73 Å². The fraction of sp³-hybridized carbons (Fsp3) is 0.400. The fourth-order valence-corrected chi connectivity index (χ4v) is 1.20. The largest absolute Gasteiger partial charge is 0.326 e. The third-order valence-corrected chi connectivity index (χ3v) is 1.77. The van der Waals surface area contributed by atoms with E-state index < -0.39 is 0 Å². The molecule has 0 saturated heterocycles. The summed E-state index contributed by atoms with van der Waals surface area (Å²) in [6.07, 6.45) is 2.36. The van der Waals surface area contributed by atoms with Gasteiger partial charge in [0.05, 0.1) is 0 Å². The van der Waals surface area contributed by atoms with Crippen molar-refractivity contribution in [3.8, 4) is 0 Å². The molecule has 1 nitrogen and oxygen atoms in total. The Labute approximate surface area is 68.2 Å². The second kappa shape index (κ2) is 4.14. The van der Waals surface area contributed by atoms with E-state index in [9.17, 15) is 0 Å². The first-order chi connectivity index (χ1) is 5.36. The average molecular weight is 149 g/mol. The Balaban J connectivity index is 2.74. The third-order valence-electron chi connectivity index (χ3n) is 1.77. The van der Waals surface area contributed by atoms with Gasteiger partial charge in [-0.1, -0.05) is 37.6 Å². The molecule has 0 unspecified atom stereocenters. The van der Waals surface area contributed by atoms with Gasteiger partial charge in [-0.05, 0) is 17.5 Å². The molecule has 0 aliphatic heterocycles. The maximum atomic E-state index is 5.51. The lowest BCUT2D eigenvalue weighted by molar-refractivity contribution is 0.915. The van der Waals surface area contributed by atoms with Gasteiger partial charge in [-0.25, -0.2) is 0 Å². The molecule has 2 N–H and O–H groups in total. The number of hydrogen-bond donors (Lipinski definition) is 1. The maximum Gasteiger partial charge on any atom is 0.0178 e. The first kappa shape index (κ1) is 8.28. The van der Waals surface area contributed by atoms with E-state index in [1.165, 1.54) is 17.5 Å². The lowest BCUT2D eigenvalue weighted by atomic mass is 10.1. The highest BCUT2D eigenvalue weighted by Crippen LogP contribution is 2.06. The summed E-state index contributed by atoms with van der Waals surface area (Å²) in [6.45, 7) is 2.84. The van der Waals surface area contributed by atoms with Crippen molar-refractivity contribution in [2.45, 2.75) is 26.3 Å². The molecular weight excluding hydrogens is 134 g/mol. The first-order valence-electron chi connectivity index (χ1n) is 4.14. The minimum Gasteiger partial charge on any atom is -0.326 e. The lowest BCUT2D eigenvalue weighted by Gasteiger charge is -2.00. The van der Waals surface area contributed by atoms with Crippen LogP contribution >= 0.6 is 0 Å². The summed E-state index contributed by atoms with van der Waals surface area (Å²) in [6, 6.07) is 8.48. The molecule has 0 bridgehead atoms. The van der Waals surface area contributed by atoms with Gasteiger partial charge in [0.25, 0.3) is 0 Å². The fourth-order valence-electron chi connectivity index (χ4n) is 1.20. The number of hydrogen-bond acceptors (Lipinski definition) is 1. The molecule has 0 aliphatic rings. The minimum absolute atomic E-state index is 0.650. The van der Waals surface area contributed by atoms with Gasteiger partial charge < -0.3 is 5.73 Å². The molecule has 60 valence electrons. The van der Waals surface area contributed by atoms with Crippen LogP contribution in [0.25, 0.3) is 0 Å². The predicted molar refractivity (Wildman–Crippen MR) is 48.3 cm³/mol. The van der Waals surface area contributed by atoms with Crippen molar-refractivity contribution in [1.82, 2.24) is 0 Å². The van der Waals surface area contributed by atoms with Gasteiger partial charge in [0.1, 0.15) is 0 Å². The molecule has 0 aliphatic carbocycles. The molecule has 0 aromatic heterocycles. The van der Waals surface area contributed by atoms with E-state index in [1.54, 1.807) is 0 Å². The van der Waals surface area contributed by atoms with Crippen LogP contribution < -0.4 is 5.73 Å². The van der Waals surface area contributed by atoms with E-state index in [0.29, 0.717) is 6.54 Å². The van der Waals surface area contributed by atoms with Crippen molar-refractivity contribution in [1.29, 1.82) is 0 Å². The monoisotopic (exact) mass is 149 g/mol. The van der Waals surface area contributed by atoms with Gasteiger partial charge in [0, 0.05) is 6.54 Å². The van der Waals surface area contributed by atoms with E-state index in [1.807, 2.05) is 0 Å². The van der Waals surface area contributed by atoms with Crippen molar-refractivity contribution >= 4 is 0 Å². The molecule has 0 saturated carbocycles. The Morgan fingerprint density at radius 3 is 2.64 bits per heavy atom. The summed E-state index contributed by atoms with van der Waals surface area (Å²) < 4.78 is 0. The summed E-state index contributed by atoms with van der Waals surface area (Å²) in [7, 11) is 0. The molecule has 11 heavy (non-hydrogen) atoms. The molecule has 0 spiro atoms. The second-order valence-corrected chi connectivity index (χ2v) is 2.77. The van der Waals surface area contributed by atoms with Crippen molar-refractivity contribution in [3.05, 3.63) is 35.4 Å². The van der Waals surface area contributed by atoms with Crippen LogP contribution in [0.1, 0.15) is 24.5 Å². The van der Waals surface area contributed by atoms with Gasteiger partial charge in [-0.3, -0.25) is 0 Å². The van der Waals surface area contributed by atoms with Gasteiger partial charge in [-0.2, -0.15) is 0 Å². The van der Waals surface area contributed by atoms with Crippen LogP contribution in [-0.4, -0.2) is 0 Å². The Kier molecular flexibility index (Phi) is 3.12. The average Bonchev–Trinajstić information content (AvgIpc) is 2.06. The first-order valence-corrected chi connectivity index (χ1v) is 4.14. The molecule has 1 heteroatoms. The summed E-state index contributed by atoms with van der Waals surface area (Å²) in [5.74, 6) is 0. The van der Waals surface area contributed by atoms with Crippen LogP contribution in [0.4, 0.5) is 0 Å². The Morgan fingerprint density at radius 1 is 1.27 bits per heavy atom. The van der Waals surface area contributed by atoms with Crippen LogP contribution in [-0.2, 0) is 13.0 Å². The van der Waals surface area contributed by atoms with Crippen LogP contribution in [0.3, 0.4) is 0 Å². The zero-order chi connectivity index (χ0) is 8.10. The maximum absolute atomic E-state index is 5.51. The highest BCUT2D eigenvalue weighted by Gasteiger charge is 1.91. The number of rotatable bonds is 3. The molecule has 0 amide bonds. The van der Waals surface area contributed by atoms with E-state index in [2.05, 4.69) is 31.2 Å². The molecule has 0 atom stereocenters. The molecule has 1 rings (SSSR count). The Bertz CT molecular complexity index is 218. The van der Waals surface area contributed by atoms with Crippen LogP contribution in [0.2, 0.25) is 0 Å². The van der Waals surface area contributed by atoms with Gasteiger partial charge in [-0.15, -0.1) is 0 Å². The number of benzene rings is 1. The van der Waals surface area contributed by atoms with Crippen molar-refractivity contribution < 1.29 is 0 Å². The second-order valence-electron chi connectivity index (χ2n) is 2.77. The molecule has 0 radical (unpaired) electrons. The van der Waals surface area contributed by atoms with Gasteiger partial charge in [0.15, 0.2) is 0 Å². The predicted octanol–water partition coefficient (Wildman–Crippen LogP) is 2.10. The summed E-state index contributed by atoms with van der Waals surface area (Å²) in [5, 5.41) is 0. The van der Waals surface area contributed by atoms with E-state index >= 15 is 0 Å². The SMILES string of the molecule is CCCc1cccc(CN)c1. The molecule has 0 fully saturated rings. The standard InChI is InChI=1S/C10H15N/c1-2-4-9-5-3-6-10(7-9)8-11/h3,5-7H,2,4,8,11H2,1H3. The normalized spacial score (nSPS) is 10.0. The van der Waals surface area contributed by atoms with Crippen molar-refractivity contribution in [2.75, 3.05) is 0 Å². The van der Waals surface area contributed by atoms with Crippen LogP contribution in [0.5, 0.6) is 0 Å². The number of aryl methyl sites for hydroxylation is 1. The van der Waals surface area contributed by atoms with Crippen LogP contribution in [0.15, 0.2) is 24.3 Å². The van der Waals surface area contributed by atoms with Crippen molar-refractivity contribution in [3.63, 3.8) is 0 Å².